The second kappa shape index (κ2) is 8.05. The first kappa shape index (κ1) is 22.0. The van der Waals surface area contributed by atoms with E-state index in [1.165, 1.54) is 12.0 Å². The van der Waals surface area contributed by atoms with Crippen LogP contribution in [-0.4, -0.2) is 0 Å². The molecule has 0 amide bonds. The molecule has 0 aliphatic rings. The van der Waals surface area contributed by atoms with Crippen molar-refractivity contribution in [3.63, 3.8) is 0 Å². The molecule has 0 radical (unpaired) electrons. The van der Waals surface area contributed by atoms with E-state index >= 15 is 0 Å². The van der Waals surface area contributed by atoms with Crippen molar-refractivity contribution in [2.24, 2.45) is 5.41 Å². The van der Waals surface area contributed by atoms with Crippen molar-refractivity contribution in [2.75, 3.05) is 11.5 Å². The molecule has 0 spiro atoms. The molecule has 4 aromatic rings. The van der Waals surface area contributed by atoms with Gasteiger partial charge in [0, 0.05) is 22.1 Å². The molecule has 0 atom stereocenters. The number of nitrogens with two attached hydrogens (primary N) is 2. The summed E-state index contributed by atoms with van der Waals surface area (Å²) in [6.45, 7) is 11.5. The van der Waals surface area contributed by atoms with E-state index in [0.29, 0.717) is 5.41 Å². The molecule has 4 rings (SSSR count). The van der Waals surface area contributed by atoms with Crippen LogP contribution in [0, 0.1) is 5.41 Å². The zero-order chi connectivity index (χ0) is 23.1. The Bertz CT molecular complexity index is 1200. The highest BCUT2D eigenvalue weighted by molar-refractivity contribution is 6.07. The quantitative estimate of drug-likeness (QED) is 0.251. The minimum absolute atomic E-state index is 0.118. The Kier molecular flexibility index (Phi) is 5.54. The number of hydrogen-bond acceptors (Lipinski definition) is 3. The molecule has 4 N–H and O–H groups in total. The maximum Gasteiger partial charge on any atom is 0.143 e. The molecule has 3 heteroatoms. The predicted molar refractivity (Wildman–Crippen MR) is 139 cm³/mol. The summed E-state index contributed by atoms with van der Waals surface area (Å²) in [4.78, 5) is 0. The molecule has 0 aromatic heterocycles. The molecule has 0 saturated carbocycles. The zero-order valence-corrected chi connectivity index (χ0v) is 19.8. The number of ether oxygens (including phenoxy) is 1. The van der Waals surface area contributed by atoms with E-state index in [9.17, 15) is 0 Å². The number of fused-ring (bicyclic) bond motifs is 2. The Labute approximate surface area is 191 Å². The van der Waals surface area contributed by atoms with Gasteiger partial charge in [-0.05, 0) is 94.6 Å². The van der Waals surface area contributed by atoms with Gasteiger partial charge in [0.05, 0.1) is 0 Å². The van der Waals surface area contributed by atoms with E-state index < -0.39 is 0 Å². The number of hydrogen-bond donors (Lipinski definition) is 2. The average Bonchev–Trinajstić information content (AvgIpc) is 2.71. The largest absolute Gasteiger partial charge is 0.456 e. The third-order valence-electron chi connectivity index (χ3n) is 6.31. The topological polar surface area (TPSA) is 61.3 Å². The highest BCUT2D eigenvalue weighted by Gasteiger charge is 2.23. The van der Waals surface area contributed by atoms with Crippen molar-refractivity contribution in [1.82, 2.24) is 0 Å². The summed E-state index contributed by atoms with van der Waals surface area (Å²) in [5.74, 6) is 1.65. The van der Waals surface area contributed by atoms with E-state index in [-0.39, 0.29) is 5.41 Å². The van der Waals surface area contributed by atoms with Crippen LogP contribution in [-0.2, 0) is 5.41 Å². The summed E-state index contributed by atoms with van der Waals surface area (Å²) in [5, 5.41) is 4.15. The second-order valence-corrected chi connectivity index (χ2v) is 10.7. The molecule has 0 heterocycles. The molecule has 3 nitrogen and oxygen atoms in total. The third-order valence-corrected chi connectivity index (χ3v) is 6.31. The summed E-state index contributed by atoms with van der Waals surface area (Å²) < 4.78 is 6.48. The highest BCUT2D eigenvalue weighted by atomic mass is 16.5. The molecular weight excluding hydrogens is 392 g/mol. The third kappa shape index (κ3) is 4.67. The van der Waals surface area contributed by atoms with Crippen LogP contribution in [0.4, 0.5) is 11.4 Å². The number of anilines is 2. The Morgan fingerprint density at radius 2 is 1.19 bits per heavy atom. The van der Waals surface area contributed by atoms with Gasteiger partial charge in [-0.2, -0.15) is 0 Å². The normalized spacial score (nSPS) is 12.4. The van der Waals surface area contributed by atoms with Gasteiger partial charge in [-0.25, -0.2) is 0 Å². The number of benzene rings is 4. The summed E-state index contributed by atoms with van der Waals surface area (Å²) in [7, 11) is 0. The molecule has 0 aliphatic carbocycles. The van der Waals surface area contributed by atoms with Crippen LogP contribution in [0.5, 0.6) is 11.5 Å². The number of nitrogen functional groups attached to an aromatic ring is 2. The van der Waals surface area contributed by atoms with Crippen LogP contribution in [0.25, 0.3) is 21.5 Å². The number of rotatable bonds is 5. The van der Waals surface area contributed by atoms with E-state index in [0.717, 1.165) is 50.8 Å². The Morgan fingerprint density at radius 3 is 1.69 bits per heavy atom. The van der Waals surface area contributed by atoms with Crippen LogP contribution in [0.15, 0.2) is 66.7 Å². The summed E-state index contributed by atoms with van der Waals surface area (Å²) in [6.07, 6.45) is 2.33. The first-order valence-corrected chi connectivity index (χ1v) is 11.3. The van der Waals surface area contributed by atoms with Crippen LogP contribution < -0.4 is 16.2 Å². The maximum atomic E-state index is 6.48. The lowest BCUT2D eigenvalue weighted by Crippen LogP contribution is -2.20. The van der Waals surface area contributed by atoms with Gasteiger partial charge in [0.15, 0.2) is 0 Å². The van der Waals surface area contributed by atoms with Crippen LogP contribution in [0.2, 0.25) is 0 Å². The fraction of sp³-hybridized carbons (Fsp3) is 0.310. The van der Waals surface area contributed by atoms with Gasteiger partial charge in [-0.1, -0.05) is 46.8 Å². The minimum Gasteiger partial charge on any atom is -0.456 e. The first-order chi connectivity index (χ1) is 15.0. The smallest absolute Gasteiger partial charge is 0.143 e. The summed E-state index contributed by atoms with van der Waals surface area (Å²) >= 11 is 0. The Hall–Kier alpha value is -3.20. The molecular formula is C29H34N2O. The molecule has 0 bridgehead atoms. The van der Waals surface area contributed by atoms with Gasteiger partial charge in [-0.15, -0.1) is 0 Å². The van der Waals surface area contributed by atoms with Crippen LogP contribution >= 0.6 is 0 Å². The molecule has 0 saturated heterocycles. The lowest BCUT2D eigenvalue weighted by molar-refractivity contribution is 0.315. The van der Waals surface area contributed by atoms with Crippen LogP contribution in [0.3, 0.4) is 0 Å². The SMILES string of the molecule is CC(C)(C)CCC(C)(C)c1ccc(Oc2c3ccc(N)cc3cc3cc(N)ccc23)cc1. The van der Waals surface area contributed by atoms with Crippen molar-refractivity contribution < 1.29 is 4.74 Å². The van der Waals surface area contributed by atoms with Crippen molar-refractivity contribution in [2.45, 2.75) is 52.9 Å². The minimum atomic E-state index is 0.118. The van der Waals surface area contributed by atoms with E-state index in [1.54, 1.807) is 0 Å². The monoisotopic (exact) mass is 426 g/mol. The Balaban J connectivity index is 1.70. The molecule has 4 aromatic carbocycles. The van der Waals surface area contributed by atoms with Gasteiger partial charge >= 0.3 is 0 Å². The van der Waals surface area contributed by atoms with E-state index in [4.69, 9.17) is 16.2 Å². The fourth-order valence-electron chi connectivity index (χ4n) is 4.16. The lowest BCUT2D eigenvalue weighted by Gasteiger charge is -2.29. The Morgan fingerprint density at radius 1 is 0.656 bits per heavy atom. The maximum absolute atomic E-state index is 6.48. The first-order valence-electron chi connectivity index (χ1n) is 11.3. The molecule has 0 aliphatic heterocycles. The van der Waals surface area contributed by atoms with Gasteiger partial charge in [0.2, 0.25) is 0 Å². The summed E-state index contributed by atoms with van der Waals surface area (Å²) in [5.41, 5.74) is 15.3. The van der Waals surface area contributed by atoms with E-state index in [2.05, 4.69) is 65.0 Å². The molecule has 166 valence electrons. The molecule has 32 heavy (non-hydrogen) atoms. The standard InChI is InChI=1S/C29H34N2O/c1-28(2,3)14-15-29(4,5)21-6-10-24(11-7-21)32-27-25-12-8-22(30)17-19(25)16-20-18-23(31)9-13-26(20)27/h6-13,16-18H,14-15,30-31H2,1-5H3. The van der Waals surface area contributed by atoms with Crippen LogP contribution in [0.1, 0.15) is 53.0 Å². The fourth-order valence-corrected chi connectivity index (χ4v) is 4.16. The van der Waals surface area contributed by atoms with Crippen molar-refractivity contribution in [3.8, 4) is 11.5 Å². The zero-order valence-electron chi connectivity index (χ0n) is 19.8. The van der Waals surface area contributed by atoms with Gasteiger partial charge < -0.3 is 16.2 Å². The van der Waals surface area contributed by atoms with Crippen molar-refractivity contribution in [3.05, 3.63) is 72.3 Å². The van der Waals surface area contributed by atoms with Crippen molar-refractivity contribution >= 4 is 32.9 Å². The second-order valence-electron chi connectivity index (χ2n) is 10.7. The molecule has 0 unspecified atom stereocenters. The van der Waals surface area contributed by atoms with Crippen molar-refractivity contribution in [1.29, 1.82) is 0 Å². The van der Waals surface area contributed by atoms with Gasteiger partial charge in [0.25, 0.3) is 0 Å². The predicted octanol–water partition coefficient (Wildman–Crippen LogP) is 8.05. The lowest BCUT2D eigenvalue weighted by atomic mass is 9.76. The summed E-state index contributed by atoms with van der Waals surface area (Å²) in [6, 6.07) is 22.5. The van der Waals surface area contributed by atoms with E-state index in [1.807, 2.05) is 36.4 Å². The van der Waals surface area contributed by atoms with Gasteiger partial charge in [0.1, 0.15) is 11.5 Å². The average molecular weight is 427 g/mol. The highest BCUT2D eigenvalue weighted by Crippen LogP contribution is 2.40. The van der Waals surface area contributed by atoms with Gasteiger partial charge in [-0.3, -0.25) is 0 Å². The molecule has 0 fully saturated rings.